The van der Waals surface area contributed by atoms with Crippen molar-refractivity contribution in [3.63, 3.8) is 0 Å². The third-order valence-electron chi connectivity index (χ3n) is 4.68. The zero-order valence-electron chi connectivity index (χ0n) is 15.4. The molecular formula is C19H19FN6O2S. The van der Waals surface area contributed by atoms with Gasteiger partial charge in [-0.05, 0) is 49.2 Å². The number of sulfonamides is 1. The average molecular weight is 414 g/mol. The summed E-state index contributed by atoms with van der Waals surface area (Å²) < 4.78 is 41.0. The van der Waals surface area contributed by atoms with Gasteiger partial charge in [0.25, 0.3) is 0 Å². The molecule has 3 aromatic rings. The highest BCUT2D eigenvalue weighted by Gasteiger charge is 2.35. The minimum atomic E-state index is -3.79. The van der Waals surface area contributed by atoms with E-state index < -0.39 is 21.9 Å². The molecule has 4 rings (SSSR count). The second-order valence-corrected chi connectivity index (χ2v) is 8.47. The monoisotopic (exact) mass is 414 g/mol. The number of nitrogens with one attached hydrogen (secondary N) is 1. The van der Waals surface area contributed by atoms with Gasteiger partial charge in [-0.25, -0.2) is 32.7 Å². The molecule has 2 aromatic heterocycles. The molecule has 0 radical (unpaired) electrons. The number of hydrogen-bond donors (Lipinski definition) is 1. The van der Waals surface area contributed by atoms with Gasteiger partial charge in [-0.15, -0.1) is 0 Å². The van der Waals surface area contributed by atoms with Gasteiger partial charge in [0.1, 0.15) is 5.82 Å². The van der Waals surface area contributed by atoms with Crippen molar-refractivity contribution in [3.8, 4) is 0 Å². The molecule has 1 N–H and O–H groups in total. The maximum atomic E-state index is 13.2. The minimum Gasteiger partial charge on any atom is -0.293 e. The van der Waals surface area contributed by atoms with Crippen molar-refractivity contribution in [1.29, 1.82) is 0 Å². The van der Waals surface area contributed by atoms with Crippen molar-refractivity contribution in [2.45, 2.75) is 30.2 Å². The largest absolute Gasteiger partial charge is 0.293 e. The zero-order chi connectivity index (χ0) is 20.3. The Morgan fingerprint density at radius 3 is 2.45 bits per heavy atom. The van der Waals surface area contributed by atoms with Gasteiger partial charge in [0, 0.05) is 25.1 Å². The molecule has 1 aliphatic heterocycles. The van der Waals surface area contributed by atoms with E-state index in [9.17, 15) is 12.8 Å². The first kappa shape index (κ1) is 19.3. The van der Waals surface area contributed by atoms with Crippen LogP contribution < -0.4 is 5.32 Å². The molecule has 1 aliphatic rings. The molecular weight excluding hydrogens is 395 g/mol. The maximum Gasteiger partial charge on any atom is 0.243 e. The molecule has 0 spiro atoms. The molecule has 0 saturated carbocycles. The predicted molar refractivity (Wildman–Crippen MR) is 104 cm³/mol. The van der Waals surface area contributed by atoms with Crippen LogP contribution in [-0.2, 0) is 10.0 Å². The molecule has 0 unspecified atom stereocenters. The van der Waals surface area contributed by atoms with Crippen LogP contribution in [0.25, 0.3) is 0 Å². The van der Waals surface area contributed by atoms with Crippen LogP contribution in [0.5, 0.6) is 0 Å². The number of halogens is 1. The maximum absolute atomic E-state index is 13.2. The molecule has 1 fully saturated rings. The van der Waals surface area contributed by atoms with Crippen molar-refractivity contribution >= 4 is 21.9 Å². The Balaban J connectivity index is 1.64. The van der Waals surface area contributed by atoms with E-state index in [1.807, 2.05) is 0 Å². The van der Waals surface area contributed by atoms with Gasteiger partial charge in [0.2, 0.25) is 21.9 Å². The Kier molecular flexibility index (Phi) is 5.45. The lowest BCUT2D eigenvalue weighted by Gasteiger charge is -2.34. The highest BCUT2D eigenvalue weighted by Crippen LogP contribution is 2.34. The van der Waals surface area contributed by atoms with Crippen molar-refractivity contribution in [3.05, 3.63) is 66.5 Å². The average Bonchev–Trinajstić information content (AvgIpc) is 2.75. The normalized spacial score (nSPS) is 17.8. The highest BCUT2D eigenvalue weighted by molar-refractivity contribution is 7.89. The van der Waals surface area contributed by atoms with Gasteiger partial charge in [-0.1, -0.05) is 6.42 Å². The summed E-state index contributed by atoms with van der Waals surface area (Å²) in [7, 11) is -3.79. The second-order valence-electron chi connectivity index (χ2n) is 6.58. The van der Waals surface area contributed by atoms with Gasteiger partial charge in [-0.3, -0.25) is 5.32 Å². The fourth-order valence-electron chi connectivity index (χ4n) is 3.31. The summed E-state index contributed by atoms with van der Waals surface area (Å²) in [5.41, 5.74) is 0.587. The number of aromatic nitrogens is 4. The Bertz CT molecular complexity index is 1080. The van der Waals surface area contributed by atoms with Crippen molar-refractivity contribution in [1.82, 2.24) is 24.2 Å². The zero-order valence-corrected chi connectivity index (χ0v) is 16.3. The van der Waals surface area contributed by atoms with Crippen LogP contribution >= 0.6 is 0 Å². The van der Waals surface area contributed by atoms with Gasteiger partial charge >= 0.3 is 0 Å². The lowest BCUT2D eigenvalue weighted by Crippen LogP contribution is -2.38. The molecule has 0 aliphatic carbocycles. The fourth-order valence-corrected chi connectivity index (χ4v) is 4.98. The molecule has 29 heavy (non-hydrogen) atoms. The van der Waals surface area contributed by atoms with Crippen molar-refractivity contribution in [2.24, 2.45) is 0 Å². The second kappa shape index (κ2) is 8.18. The van der Waals surface area contributed by atoms with E-state index in [0.717, 1.165) is 25.0 Å². The van der Waals surface area contributed by atoms with Crippen molar-refractivity contribution < 1.29 is 12.8 Å². The fraction of sp³-hybridized carbons (Fsp3) is 0.263. The van der Waals surface area contributed by atoms with Crippen LogP contribution in [0.3, 0.4) is 0 Å². The lowest BCUT2D eigenvalue weighted by atomic mass is 10.0. The molecule has 3 heterocycles. The predicted octanol–water partition coefficient (Wildman–Crippen LogP) is 3.07. The summed E-state index contributed by atoms with van der Waals surface area (Å²) in [5, 5.41) is 2.92. The van der Waals surface area contributed by atoms with E-state index >= 15 is 0 Å². The SMILES string of the molecule is O=S(=O)(c1ccc(F)cc1)N1CCCC[C@@H]1c1ccnc(Nc2ncccn2)n1. The Hall–Kier alpha value is -2.98. The van der Waals surface area contributed by atoms with E-state index in [4.69, 9.17) is 0 Å². The van der Waals surface area contributed by atoms with Crippen LogP contribution in [0.1, 0.15) is 31.0 Å². The van der Waals surface area contributed by atoms with Crippen LogP contribution in [0, 0.1) is 5.82 Å². The summed E-state index contributed by atoms with van der Waals surface area (Å²) in [5.74, 6) is 0.163. The van der Waals surface area contributed by atoms with E-state index in [0.29, 0.717) is 30.6 Å². The Labute approximate surface area is 167 Å². The standard InChI is InChI=1S/C19H19FN6O2S/c20-14-5-7-15(8-6-14)29(27,28)26-13-2-1-4-17(26)16-9-12-23-19(24-16)25-18-21-10-3-11-22-18/h3,5-12,17H,1-2,4,13H2,(H,21,22,23,24,25)/t17-/m1/s1. The molecule has 1 saturated heterocycles. The van der Waals surface area contributed by atoms with E-state index in [1.54, 1.807) is 30.7 Å². The molecule has 1 aromatic carbocycles. The lowest BCUT2D eigenvalue weighted by molar-refractivity contribution is 0.251. The van der Waals surface area contributed by atoms with Crippen LogP contribution in [0.15, 0.2) is 59.9 Å². The summed E-state index contributed by atoms with van der Waals surface area (Å²) >= 11 is 0. The first-order valence-electron chi connectivity index (χ1n) is 9.18. The van der Waals surface area contributed by atoms with Gasteiger partial charge < -0.3 is 0 Å². The minimum absolute atomic E-state index is 0.0656. The Morgan fingerprint density at radius 2 is 1.69 bits per heavy atom. The van der Waals surface area contributed by atoms with E-state index in [-0.39, 0.29) is 4.90 Å². The van der Waals surface area contributed by atoms with Gasteiger partial charge in [0.05, 0.1) is 16.6 Å². The topological polar surface area (TPSA) is 101 Å². The number of nitrogens with zero attached hydrogens (tertiary/aromatic N) is 5. The van der Waals surface area contributed by atoms with Crippen molar-refractivity contribution in [2.75, 3.05) is 11.9 Å². The first-order chi connectivity index (χ1) is 14.0. The summed E-state index contributed by atoms with van der Waals surface area (Å²) in [6, 6.07) is 7.85. The highest BCUT2D eigenvalue weighted by atomic mass is 32.2. The molecule has 150 valence electrons. The number of rotatable bonds is 5. The Morgan fingerprint density at radius 1 is 0.966 bits per heavy atom. The summed E-state index contributed by atoms with van der Waals surface area (Å²) in [4.78, 5) is 16.9. The first-order valence-corrected chi connectivity index (χ1v) is 10.6. The van der Waals surface area contributed by atoms with E-state index in [1.165, 1.54) is 16.4 Å². The van der Waals surface area contributed by atoms with E-state index in [2.05, 4.69) is 25.3 Å². The number of benzene rings is 1. The molecule has 0 bridgehead atoms. The molecule has 1 atom stereocenters. The molecule has 8 nitrogen and oxygen atoms in total. The van der Waals surface area contributed by atoms with Crippen LogP contribution in [-0.4, -0.2) is 39.2 Å². The summed E-state index contributed by atoms with van der Waals surface area (Å²) in [6.07, 6.45) is 7.04. The molecule has 0 amide bonds. The third-order valence-corrected chi connectivity index (χ3v) is 6.60. The number of hydrogen-bond acceptors (Lipinski definition) is 7. The summed E-state index contributed by atoms with van der Waals surface area (Å²) in [6.45, 7) is 0.374. The van der Waals surface area contributed by atoms with Gasteiger partial charge in [0.15, 0.2) is 0 Å². The van der Waals surface area contributed by atoms with Gasteiger partial charge in [-0.2, -0.15) is 4.31 Å². The molecule has 10 heteroatoms. The number of anilines is 2. The quantitative estimate of drug-likeness (QED) is 0.685. The van der Waals surface area contributed by atoms with Crippen LogP contribution in [0.2, 0.25) is 0 Å². The van der Waals surface area contributed by atoms with Crippen LogP contribution in [0.4, 0.5) is 16.3 Å². The smallest absolute Gasteiger partial charge is 0.243 e. The number of piperidine rings is 1. The third kappa shape index (κ3) is 4.22.